The summed E-state index contributed by atoms with van der Waals surface area (Å²) in [6.45, 7) is 0.784. The topological polar surface area (TPSA) is 114 Å². The van der Waals surface area contributed by atoms with Gasteiger partial charge in [0, 0.05) is 43.5 Å². The Morgan fingerprint density at radius 1 is 1.08 bits per heavy atom. The van der Waals surface area contributed by atoms with Crippen molar-refractivity contribution in [2.24, 2.45) is 0 Å². The number of aliphatic hydroxyl groups excluding tert-OH is 1. The van der Waals surface area contributed by atoms with Gasteiger partial charge in [-0.3, -0.25) is 9.78 Å². The van der Waals surface area contributed by atoms with Gasteiger partial charge in [0.05, 0.1) is 44.3 Å². The number of halogens is 3. The number of ether oxygens (including phenoxy) is 2. The largest absolute Gasteiger partial charge is 0.496 e. The number of rotatable bonds is 6. The monoisotopic (exact) mass is 517 g/mol. The van der Waals surface area contributed by atoms with Crippen LogP contribution in [0, 0.1) is 0 Å². The molecule has 3 N–H and O–H groups in total. The molecule has 196 valence electrons. The normalized spacial score (nSPS) is 16.0. The summed E-state index contributed by atoms with van der Waals surface area (Å²) in [6, 6.07) is 7.12. The van der Waals surface area contributed by atoms with Gasteiger partial charge >= 0.3 is 6.18 Å². The molecule has 1 fully saturated rings. The summed E-state index contributed by atoms with van der Waals surface area (Å²) in [5.74, 6) is 0.732. The lowest BCUT2D eigenvalue weighted by Crippen LogP contribution is -2.57. The molecule has 9 nitrogen and oxygen atoms in total. The van der Waals surface area contributed by atoms with E-state index in [0.717, 1.165) is 12.1 Å². The Morgan fingerprint density at radius 2 is 1.78 bits per heavy atom. The average Bonchev–Trinajstić information content (AvgIpc) is 2.91. The van der Waals surface area contributed by atoms with Gasteiger partial charge in [-0.15, -0.1) is 0 Å². The van der Waals surface area contributed by atoms with Crippen molar-refractivity contribution in [3.05, 3.63) is 60.0 Å². The molecule has 0 spiro atoms. The Balaban J connectivity index is 1.55. The van der Waals surface area contributed by atoms with Crippen LogP contribution >= 0.6 is 0 Å². The molecule has 3 aromatic rings. The Morgan fingerprint density at radius 3 is 2.41 bits per heavy atom. The number of anilines is 2. The molecule has 0 aliphatic carbocycles. The standard InChI is InChI=1S/C25H26F3N5O4/c1-36-21-9-19(30-11-18(21)15-3-5-16(6-4-15)25(26,27)28)24(35)33-8-7-32(13-17(33)14-34)20-12-31-23(29)10-22(20)37-2/h3-6,9-12,17,34H,7-8,13-14H2,1-2H3,(H2,29,31)/t17-/m0/s1. The fourth-order valence-electron chi connectivity index (χ4n) is 4.27. The van der Waals surface area contributed by atoms with Gasteiger partial charge in [0.1, 0.15) is 23.0 Å². The van der Waals surface area contributed by atoms with Crippen LogP contribution in [0.3, 0.4) is 0 Å². The molecule has 12 heteroatoms. The molecule has 1 aromatic carbocycles. The quantitative estimate of drug-likeness (QED) is 0.513. The van der Waals surface area contributed by atoms with Crippen molar-refractivity contribution in [1.82, 2.24) is 14.9 Å². The first kappa shape index (κ1) is 26.0. The lowest BCUT2D eigenvalue weighted by molar-refractivity contribution is -0.137. The Kier molecular flexibility index (Phi) is 7.39. The number of amides is 1. The van der Waals surface area contributed by atoms with Gasteiger partial charge in [-0.2, -0.15) is 13.2 Å². The molecule has 1 saturated heterocycles. The average molecular weight is 518 g/mol. The second-order valence-electron chi connectivity index (χ2n) is 8.41. The minimum Gasteiger partial charge on any atom is -0.496 e. The lowest BCUT2D eigenvalue weighted by atomic mass is 10.0. The first-order valence-corrected chi connectivity index (χ1v) is 11.3. The molecule has 0 radical (unpaired) electrons. The number of nitrogens with two attached hydrogens (primary N) is 1. The second-order valence-corrected chi connectivity index (χ2v) is 8.41. The van der Waals surface area contributed by atoms with Crippen LogP contribution in [-0.2, 0) is 6.18 Å². The van der Waals surface area contributed by atoms with Crippen LogP contribution in [0.2, 0.25) is 0 Å². The fourth-order valence-corrected chi connectivity index (χ4v) is 4.27. The predicted octanol–water partition coefficient (Wildman–Crippen LogP) is 3.09. The van der Waals surface area contributed by atoms with E-state index in [-0.39, 0.29) is 18.1 Å². The van der Waals surface area contributed by atoms with Crippen molar-refractivity contribution in [3.63, 3.8) is 0 Å². The van der Waals surface area contributed by atoms with Crippen LogP contribution in [0.25, 0.3) is 11.1 Å². The molecular formula is C25H26F3N5O4. The number of aliphatic hydroxyl groups is 1. The van der Waals surface area contributed by atoms with Crippen LogP contribution < -0.4 is 20.1 Å². The molecule has 1 amide bonds. The summed E-state index contributed by atoms with van der Waals surface area (Å²) < 4.78 is 49.5. The minimum absolute atomic E-state index is 0.0890. The second kappa shape index (κ2) is 10.5. The maximum absolute atomic E-state index is 13.4. The van der Waals surface area contributed by atoms with E-state index < -0.39 is 23.7 Å². The van der Waals surface area contributed by atoms with E-state index in [1.54, 1.807) is 12.3 Å². The van der Waals surface area contributed by atoms with Crippen molar-refractivity contribution in [2.45, 2.75) is 12.2 Å². The smallest absolute Gasteiger partial charge is 0.416 e. The summed E-state index contributed by atoms with van der Waals surface area (Å²) in [4.78, 5) is 25.2. The van der Waals surface area contributed by atoms with Crippen LogP contribution in [0.15, 0.2) is 48.8 Å². The zero-order valence-electron chi connectivity index (χ0n) is 20.2. The maximum Gasteiger partial charge on any atom is 0.416 e. The molecule has 3 heterocycles. The summed E-state index contributed by atoms with van der Waals surface area (Å²) >= 11 is 0. The van der Waals surface area contributed by atoms with E-state index in [4.69, 9.17) is 15.2 Å². The Labute approximate surface area is 211 Å². The molecule has 37 heavy (non-hydrogen) atoms. The number of aromatic nitrogens is 2. The number of piperazine rings is 1. The van der Waals surface area contributed by atoms with Gasteiger partial charge in [0.15, 0.2) is 0 Å². The predicted molar refractivity (Wildman–Crippen MR) is 131 cm³/mol. The number of alkyl halides is 3. The van der Waals surface area contributed by atoms with E-state index in [9.17, 15) is 23.1 Å². The van der Waals surface area contributed by atoms with E-state index >= 15 is 0 Å². The number of carbonyl (C=O) groups is 1. The number of nitrogens with zero attached hydrogens (tertiary/aromatic N) is 4. The molecule has 4 rings (SSSR count). The first-order chi connectivity index (χ1) is 17.7. The highest BCUT2D eigenvalue weighted by Gasteiger charge is 2.33. The van der Waals surface area contributed by atoms with Crippen LogP contribution in [0.5, 0.6) is 11.5 Å². The third-order valence-corrected chi connectivity index (χ3v) is 6.21. The molecule has 2 aromatic heterocycles. The van der Waals surface area contributed by atoms with E-state index in [2.05, 4.69) is 9.97 Å². The SMILES string of the molecule is COc1cc(C(=O)N2CCN(c3cnc(N)cc3OC)C[C@H]2CO)ncc1-c1ccc(C(F)(F)F)cc1. The van der Waals surface area contributed by atoms with Crippen molar-refractivity contribution >= 4 is 17.4 Å². The van der Waals surface area contributed by atoms with Gasteiger partial charge in [-0.25, -0.2) is 4.98 Å². The third-order valence-electron chi connectivity index (χ3n) is 6.21. The van der Waals surface area contributed by atoms with Crippen molar-refractivity contribution in [2.75, 3.05) is 51.1 Å². The molecule has 1 atom stereocenters. The summed E-state index contributed by atoms with van der Waals surface area (Å²) in [5, 5.41) is 10.1. The zero-order valence-corrected chi connectivity index (χ0v) is 20.2. The maximum atomic E-state index is 13.4. The van der Waals surface area contributed by atoms with Crippen LogP contribution in [0.1, 0.15) is 16.1 Å². The zero-order chi connectivity index (χ0) is 26.7. The van der Waals surface area contributed by atoms with Gasteiger partial charge in [-0.05, 0) is 17.7 Å². The number of hydrogen-bond acceptors (Lipinski definition) is 8. The first-order valence-electron chi connectivity index (χ1n) is 11.3. The van der Waals surface area contributed by atoms with Gasteiger partial charge in [-0.1, -0.05) is 12.1 Å². The number of hydrogen-bond donors (Lipinski definition) is 2. The molecule has 0 saturated carbocycles. The summed E-state index contributed by atoms with van der Waals surface area (Å²) in [6.07, 6.45) is -1.46. The highest BCUT2D eigenvalue weighted by molar-refractivity contribution is 5.94. The van der Waals surface area contributed by atoms with Crippen LogP contribution in [0.4, 0.5) is 24.7 Å². The number of methoxy groups -OCH3 is 2. The number of benzene rings is 1. The highest BCUT2D eigenvalue weighted by atomic mass is 19.4. The Bertz CT molecular complexity index is 1270. The van der Waals surface area contributed by atoms with Crippen molar-refractivity contribution < 1.29 is 32.5 Å². The summed E-state index contributed by atoms with van der Waals surface area (Å²) in [5.41, 5.74) is 6.67. The molecule has 1 aliphatic rings. The van der Waals surface area contributed by atoms with Gasteiger partial charge in [0.2, 0.25) is 0 Å². The molecule has 1 aliphatic heterocycles. The fraction of sp³-hybridized carbons (Fsp3) is 0.320. The molecule has 0 bridgehead atoms. The van der Waals surface area contributed by atoms with E-state index in [1.165, 1.54) is 43.5 Å². The van der Waals surface area contributed by atoms with Crippen molar-refractivity contribution in [1.29, 1.82) is 0 Å². The lowest BCUT2D eigenvalue weighted by Gasteiger charge is -2.41. The van der Waals surface area contributed by atoms with E-state index in [1.807, 2.05) is 4.90 Å². The minimum atomic E-state index is -4.44. The number of nitrogen functional groups attached to an aromatic ring is 1. The Hall–Kier alpha value is -4.06. The third kappa shape index (κ3) is 5.38. The van der Waals surface area contributed by atoms with Gasteiger partial charge < -0.3 is 30.1 Å². The van der Waals surface area contributed by atoms with Crippen LogP contribution in [-0.4, -0.2) is 72.4 Å². The number of pyridine rings is 2. The number of carbonyl (C=O) groups excluding carboxylic acids is 1. The van der Waals surface area contributed by atoms with Crippen molar-refractivity contribution in [3.8, 4) is 22.6 Å². The molecule has 0 unspecified atom stereocenters. The highest BCUT2D eigenvalue weighted by Crippen LogP contribution is 2.35. The van der Waals surface area contributed by atoms with Gasteiger partial charge in [0.25, 0.3) is 5.91 Å². The molecular weight excluding hydrogens is 491 g/mol. The van der Waals surface area contributed by atoms with E-state index in [0.29, 0.717) is 48.0 Å². The summed E-state index contributed by atoms with van der Waals surface area (Å²) in [7, 11) is 2.93.